The maximum Gasteiger partial charge on any atom is 0.222 e. The lowest BCUT2D eigenvalue weighted by molar-refractivity contribution is -0.133. The molecule has 0 radical (unpaired) electrons. The van der Waals surface area contributed by atoms with E-state index >= 15 is 0 Å². The Bertz CT molecular complexity index is 230. The standard InChI is InChI=1S/C14H26BrNO/c1-3-14(4-2,11-15)12-16-10-8-6-5-7-9-13(16)17/h3-12H2,1-2H3. The third-order valence-corrected chi connectivity index (χ3v) is 5.42. The highest BCUT2D eigenvalue weighted by atomic mass is 79.9. The van der Waals surface area contributed by atoms with Crippen molar-refractivity contribution in [2.24, 2.45) is 5.41 Å². The monoisotopic (exact) mass is 303 g/mol. The molecule has 1 aliphatic rings. The molecule has 0 aliphatic carbocycles. The molecule has 0 aromatic rings. The zero-order valence-electron chi connectivity index (χ0n) is 11.3. The summed E-state index contributed by atoms with van der Waals surface area (Å²) < 4.78 is 0. The second kappa shape index (κ2) is 7.40. The van der Waals surface area contributed by atoms with Gasteiger partial charge in [-0.1, -0.05) is 42.6 Å². The van der Waals surface area contributed by atoms with Crippen molar-refractivity contribution in [2.75, 3.05) is 18.4 Å². The average molecular weight is 304 g/mol. The smallest absolute Gasteiger partial charge is 0.222 e. The molecule has 0 atom stereocenters. The summed E-state index contributed by atoms with van der Waals surface area (Å²) in [4.78, 5) is 14.2. The molecule has 0 unspecified atom stereocenters. The van der Waals surface area contributed by atoms with Crippen LogP contribution in [0.3, 0.4) is 0 Å². The number of hydrogen-bond acceptors (Lipinski definition) is 1. The van der Waals surface area contributed by atoms with E-state index in [0.29, 0.717) is 5.91 Å². The highest BCUT2D eigenvalue weighted by molar-refractivity contribution is 9.09. The van der Waals surface area contributed by atoms with E-state index < -0.39 is 0 Å². The fourth-order valence-electron chi connectivity index (χ4n) is 2.49. The van der Waals surface area contributed by atoms with Gasteiger partial charge in [-0.2, -0.15) is 0 Å². The Morgan fingerprint density at radius 1 is 1.18 bits per heavy atom. The molecule has 1 fully saturated rings. The Kier molecular flexibility index (Phi) is 6.53. The largest absolute Gasteiger partial charge is 0.342 e. The molecule has 0 aromatic carbocycles. The molecule has 1 rings (SSSR count). The minimum Gasteiger partial charge on any atom is -0.342 e. The Hall–Kier alpha value is -0.0500. The lowest BCUT2D eigenvalue weighted by Gasteiger charge is -2.36. The van der Waals surface area contributed by atoms with E-state index in [4.69, 9.17) is 0 Å². The number of amides is 1. The second-order valence-corrected chi connectivity index (χ2v) is 5.88. The molecule has 1 saturated heterocycles. The highest BCUT2D eigenvalue weighted by Gasteiger charge is 2.29. The van der Waals surface area contributed by atoms with E-state index in [-0.39, 0.29) is 5.41 Å². The summed E-state index contributed by atoms with van der Waals surface area (Å²) in [6.45, 7) is 6.37. The molecule has 3 heteroatoms. The SMILES string of the molecule is CCC(CC)(CBr)CN1CCCCCCC1=O. The molecule has 1 aliphatic heterocycles. The van der Waals surface area contributed by atoms with Crippen LogP contribution in [0.2, 0.25) is 0 Å². The predicted octanol–water partition coefficient (Wildman–Crippen LogP) is 3.98. The van der Waals surface area contributed by atoms with Crippen LogP contribution in [-0.4, -0.2) is 29.2 Å². The van der Waals surface area contributed by atoms with Gasteiger partial charge in [-0.25, -0.2) is 0 Å². The van der Waals surface area contributed by atoms with Crippen LogP contribution in [0.5, 0.6) is 0 Å². The van der Waals surface area contributed by atoms with Crippen LogP contribution in [0.4, 0.5) is 0 Å². The van der Waals surface area contributed by atoms with Crippen molar-refractivity contribution >= 4 is 21.8 Å². The maximum absolute atomic E-state index is 12.1. The first-order valence-electron chi connectivity index (χ1n) is 7.01. The van der Waals surface area contributed by atoms with E-state index in [1.165, 1.54) is 19.3 Å². The maximum atomic E-state index is 12.1. The fourth-order valence-corrected chi connectivity index (χ4v) is 3.46. The number of hydrogen-bond donors (Lipinski definition) is 0. The summed E-state index contributed by atoms with van der Waals surface area (Å²) in [5.41, 5.74) is 0.273. The van der Waals surface area contributed by atoms with Crippen molar-refractivity contribution in [3.05, 3.63) is 0 Å². The number of carbonyl (C=O) groups is 1. The molecule has 0 spiro atoms. The zero-order valence-corrected chi connectivity index (χ0v) is 12.9. The van der Waals surface area contributed by atoms with Gasteiger partial charge in [0.15, 0.2) is 0 Å². The van der Waals surface area contributed by atoms with Crippen LogP contribution in [0.25, 0.3) is 0 Å². The third kappa shape index (κ3) is 4.27. The lowest BCUT2D eigenvalue weighted by Crippen LogP contribution is -2.42. The Morgan fingerprint density at radius 2 is 1.82 bits per heavy atom. The van der Waals surface area contributed by atoms with Gasteiger partial charge in [-0.3, -0.25) is 4.79 Å². The van der Waals surface area contributed by atoms with Crippen LogP contribution >= 0.6 is 15.9 Å². The predicted molar refractivity (Wildman–Crippen MR) is 76.5 cm³/mol. The van der Waals surface area contributed by atoms with Crippen LogP contribution in [0, 0.1) is 5.41 Å². The van der Waals surface area contributed by atoms with E-state index in [1.807, 2.05) is 0 Å². The molecule has 2 nitrogen and oxygen atoms in total. The molecular weight excluding hydrogens is 278 g/mol. The van der Waals surface area contributed by atoms with Crippen LogP contribution < -0.4 is 0 Å². The normalized spacial score (nSPS) is 19.0. The molecule has 0 N–H and O–H groups in total. The van der Waals surface area contributed by atoms with Crippen molar-refractivity contribution in [1.29, 1.82) is 0 Å². The number of nitrogens with zero attached hydrogens (tertiary/aromatic N) is 1. The summed E-state index contributed by atoms with van der Waals surface area (Å²) in [7, 11) is 0. The summed E-state index contributed by atoms with van der Waals surface area (Å²) in [5.74, 6) is 0.372. The molecule has 17 heavy (non-hydrogen) atoms. The fraction of sp³-hybridized carbons (Fsp3) is 0.929. The Labute approximate surface area is 114 Å². The van der Waals surface area contributed by atoms with Crippen LogP contribution in [0.15, 0.2) is 0 Å². The van der Waals surface area contributed by atoms with Crippen molar-refractivity contribution in [3.8, 4) is 0 Å². The first-order chi connectivity index (χ1) is 8.17. The number of likely N-dealkylation sites (tertiary alicyclic amines) is 1. The number of rotatable bonds is 5. The van der Waals surface area contributed by atoms with Crippen molar-refractivity contribution in [2.45, 2.75) is 58.8 Å². The van der Waals surface area contributed by atoms with Gasteiger partial charge < -0.3 is 4.90 Å². The molecule has 1 heterocycles. The minimum atomic E-state index is 0.273. The molecule has 0 saturated carbocycles. The van der Waals surface area contributed by atoms with Crippen LogP contribution in [0.1, 0.15) is 58.8 Å². The molecular formula is C14H26BrNO. The average Bonchev–Trinajstić information content (AvgIpc) is 2.35. The first-order valence-corrected chi connectivity index (χ1v) is 8.13. The van der Waals surface area contributed by atoms with Gasteiger partial charge in [-0.05, 0) is 31.1 Å². The van der Waals surface area contributed by atoms with E-state index in [0.717, 1.165) is 44.1 Å². The summed E-state index contributed by atoms with van der Waals surface area (Å²) >= 11 is 3.64. The molecule has 1 amide bonds. The summed E-state index contributed by atoms with van der Waals surface area (Å²) in [6, 6.07) is 0. The van der Waals surface area contributed by atoms with Crippen LogP contribution in [-0.2, 0) is 4.79 Å². The van der Waals surface area contributed by atoms with Gasteiger partial charge in [0.2, 0.25) is 5.91 Å². The van der Waals surface area contributed by atoms with Gasteiger partial charge in [-0.15, -0.1) is 0 Å². The third-order valence-electron chi connectivity index (χ3n) is 4.23. The van der Waals surface area contributed by atoms with Crippen molar-refractivity contribution in [3.63, 3.8) is 0 Å². The van der Waals surface area contributed by atoms with Crippen molar-refractivity contribution in [1.82, 2.24) is 4.90 Å². The summed E-state index contributed by atoms with van der Waals surface area (Å²) in [5, 5.41) is 0.997. The summed E-state index contributed by atoms with van der Waals surface area (Å²) in [6.07, 6.45) is 7.79. The molecule has 0 bridgehead atoms. The van der Waals surface area contributed by atoms with Gasteiger partial charge in [0, 0.05) is 24.8 Å². The van der Waals surface area contributed by atoms with Gasteiger partial charge in [0.1, 0.15) is 0 Å². The number of alkyl halides is 1. The Balaban J connectivity index is 2.64. The lowest BCUT2D eigenvalue weighted by atomic mass is 9.83. The van der Waals surface area contributed by atoms with Crippen molar-refractivity contribution < 1.29 is 4.79 Å². The molecule has 0 aromatic heterocycles. The second-order valence-electron chi connectivity index (χ2n) is 5.32. The number of carbonyl (C=O) groups excluding carboxylic acids is 1. The molecule has 100 valence electrons. The topological polar surface area (TPSA) is 20.3 Å². The van der Waals surface area contributed by atoms with E-state index in [2.05, 4.69) is 34.7 Å². The van der Waals surface area contributed by atoms with E-state index in [9.17, 15) is 4.79 Å². The van der Waals surface area contributed by atoms with Gasteiger partial charge >= 0.3 is 0 Å². The number of halogens is 1. The Morgan fingerprint density at radius 3 is 2.41 bits per heavy atom. The minimum absolute atomic E-state index is 0.273. The zero-order chi connectivity index (χ0) is 12.7. The first kappa shape index (κ1) is 15.0. The van der Waals surface area contributed by atoms with Gasteiger partial charge in [0.05, 0.1) is 0 Å². The van der Waals surface area contributed by atoms with Gasteiger partial charge in [0.25, 0.3) is 0 Å². The van der Waals surface area contributed by atoms with E-state index in [1.54, 1.807) is 0 Å². The highest BCUT2D eigenvalue weighted by Crippen LogP contribution is 2.30. The quantitative estimate of drug-likeness (QED) is 0.704.